The van der Waals surface area contributed by atoms with E-state index in [0.29, 0.717) is 24.6 Å². The molecule has 0 aromatic heterocycles. The molecule has 0 unspecified atom stereocenters. The van der Waals surface area contributed by atoms with Gasteiger partial charge in [-0.15, -0.1) is 23.5 Å². The Morgan fingerprint density at radius 2 is 1.39 bits per heavy atom. The third-order valence-corrected chi connectivity index (χ3v) is 6.73. The van der Waals surface area contributed by atoms with Gasteiger partial charge in [-0.05, 0) is 41.2 Å². The highest BCUT2D eigenvalue weighted by Gasteiger charge is 2.18. The number of hydrogen-bond donors (Lipinski definition) is 0. The molecular formula is C26H22O3S2. The zero-order valence-corrected chi connectivity index (χ0v) is 19.0. The minimum Gasteiger partial charge on any atom is -0.488 e. The summed E-state index contributed by atoms with van der Waals surface area (Å²) in [7, 11) is 0. The van der Waals surface area contributed by atoms with E-state index in [1.807, 2.05) is 66.7 Å². The monoisotopic (exact) mass is 446 g/mol. The van der Waals surface area contributed by atoms with Crippen LogP contribution in [-0.2, 0) is 11.4 Å². The van der Waals surface area contributed by atoms with Gasteiger partial charge in [0.2, 0.25) is 0 Å². The van der Waals surface area contributed by atoms with Crippen LogP contribution in [0.25, 0.3) is 21.9 Å². The van der Waals surface area contributed by atoms with E-state index in [1.54, 1.807) is 23.5 Å². The summed E-state index contributed by atoms with van der Waals surface area (Å²) < 4.78 is 11.7. The van der Waals surface area contributed by atoms with Crippen LogP contribution < -0.4 is 9.47 Å². The smallest absolute Gasteiger partial charge is 0.298 e. The Labute approximate surface area is 190 Å². The zero-order valence-electron chi connectivity index (χ0n) is 17.3. The summed E-state index contributed by atoms with van der Waals surface area (Å²) in [6.07, 6.45) is 4.15. The summed E-state index contributed by atoms with van der Waals surface area (Å²) in [5, 5.41) is 1.99. The predicted molar refractivity (Wildman–Crippen MR) is 130 cm³/mol. The Hall–Kier alpha value is -2.89. The van der Waals surface area contributed by atoms with Crippen LogP contribution >= 0.6 is 23.5 Å². The summed E-state index contributed by atoms with van der Waals surface area (Å²) in [6, 6.07) is 26.2. The number of thioether (sulfide) groups is 2. The van der Waals surface area contributed by atoms with Gasteiger partial charge in [0.1, 0.15) is 18.1 Å². The van der Waals surface area contributed by atoms with Crippen LogP contribution in [0.4, 0.5) is 0 Å². The molecule has 0 heterocycles. The zero-order chi connectivity index (χ0) is 21.6. The molecule has 0 bridgehead atoms. The molecule has 0 amide bonds. The van der Waals surface area contributed by atoms with Crippen LogP contribution in [0.1, 0.15) is 5.56 Å². The molecule has 0 radical (unpaired) electrons. The van der Waals surface area contributed by atoms with E-state index in [9.17, 15) is 4.79 Å². The average molecular weight is 447 g/mol. The molecule has 0 spiro atoms. The first-order chi connectivity index (χ1) is 15.2. The van der Waals surface area contributed by atoms with E-state index >= 15 is 0 Å². The molecule has 0 fully saturated rings. The number of rotatable bonds is 8. The number of fused-ring (bicyclic) bond motifs is 1. The Bertz CT molecular complexity index is 1190. The van der Waals surface area contributed by atoms with Crippen molar-refractivity contribution >= 4 is 40.8 Å². The molecule has 4 rings (SSSR count). The van der Waals surface area contributed by atoms with Gasteiger partial charge in [0.05, 0.1) is 0 Å². The molecule has 5 heteroatoms. The first kappa shape index (κ1) is 21.3. The van der Waals surface area contributed by atoms with Crippen LogP contribution in [0.5, 0.6) is 11.5 Å². The molecule has 4 aromatic rings. The van der Waals surface area contributed by atoms with E-state index in [2.05, 4.69) is 24.6 Å². The van der Waals surface area contributed by atoms with Gasteiger partial charge in [-0.2, -0.15) is 0 Å². The van der Waals surface area contributed by atoms with Gasteiger partial charge in [-0.3, -0.25) is 4.79 Å². The van der Waals surface area contributed by atoms with E-state index in [4.69, 9.17) is 9.47 Å². The minimum absolute atomic E-state index is 0.431. The van der Waals surface area contributed by atoms with Crippen molar-refractivity contribution in [1.29, 1.82) is 0 Å². The van der Waals surface area contributed by atoms with Crippen molar-refractivity contribution in [3.8, 4) is 22.6 Å². The van der Waals surface area contributed by atoms with E-state index in [0.717, 1.165) is 27.5 Å². The molecule has 156 valence electrons. The molecule has 0 aliphatic carbocycles. The third kappa shape index (κ3) is 4.58. The number of hydrogen-bond acceptors (Lipinski definition) is 5. The molecule has 0 atom stereocenters. The lowest BCUT2D eigenvalue weighted by Gasteiger charge is -2.18. The summed E-state index contributed by atoms with van der Waals surface area (Å²) >= 11 is 3.41. The van der Waals surface area contributed by atoms with Crippen molar-refractivity contribution < 1.29 is 14.3 Å². The van der Waals surface area contributed by atoms with Crippen LogP contribution in [-0.4, -0.2) is 19.0 Å². The predicted octanol–water partition coefficient (Wildman–Crippen LogP) is 7.06. The van der Waals surface area contributed by atoms with Crippen molar-refractivity contribution in [3.05, 3.63) is 84.4 Å². The average Bonchev–Trinajstić information content (AvgIpc) is 2.83. The van der Waals surface area contributed by atoms with Gasteiger partial charge in [0, 0.05) is 26.8 Å². The molecule has 3 nitrogen and oxygen atoms in total. The molecule has 0 saturated heterocycles. The van der Waals surface area contributed by atoms with Crippen molar-refractivity contribution in [2.45, 2.75) is 16.4 Å². The van der Waals surface area contributed by atoms with Gasteiger partial charge in [0.15, 0.2) is 0 Å². The molecule has 0 saturated carbocycles. The SMILES string of the molecule is CSc1cc2c(OCc3ccccc3)cc(OC=O)c(-c3ccccc3)c2cc1SC. The first-order valence-electron chi connectivity index (χ1n) is 9.80. The Morgan fingerprint density at radius 1 is 0.774 bits per heavy atom. The fraction of sp³-hybridized carbons (Fsp3) is 0.115. The number of carbonyl (C=O) groups is 1. The van der Waals surface area contributed by atoms with Gasteiger partial charge in [-0.1, -0.05) is 60.7 Å². The molecular weight excluding hydrogens is 424 g/mol. The van der Waals surface area contributed by atoms with Crippen molar-refractivity contribution in [3.63, 3.8) is 0 Å². The Morgan fingerprint density at radius 3 is 2.00 bits per heavy atom. The van der Waals surface area contributed by atoms with Gasteiger partial charge < -0.3 is 9.47 Å². The van der Waals surface area contributed by atoms with Crippen LogP contribution in [0, 0.1) is 0 Å². The maximum absolute atomic E-state index is 11.3. The van der Waals surface area contributed by atoms with Crippen LogP contribution in [0.15, 0.2) is 88.7 Å². The molecule has 0 aliphatic heterocycles. The summed E-state index contributed by atoms with van der Waals surface area (Å²) in [6.45, 7) is 0.903. The lowest BCUT2D eigenvalue weighted by Crippen LogP contribution is -2.00. The fourth-order valence-electron chi connectivity index (χ4n) is 3.59. The maximum atomic E-state index is 11.3. The van der Waals surface area contributed by atoms with E-state index in [1.165, 1.54) is 9.79 Å². The summed E-state index contributed by atoms with van der Waals surface area (Å²) in [5.74, 6) is 1.18. The maximum Gasteiger partial charge on any atom is 0.298 e. The number of carbonyl (C=O) groups excluding carboxylic acids is 1. The highest BCUT2D eigenvalue weighted by atomic mass is 32.2. The topological polar surface area (TPSA) is 35.5 Å². The van der Waals surface area contributed by atoms with Gasteiger partial charge in [0.25, 0.3) is 6.47 Å². The van der Waals surface area contributed by atoms with Crippen molar-refractivity contribution in [1.82, 2.24) is 0 Å². The lowest BCUT2D eigenvalue weighted by atomic mass is 9.96. The minimum atomic E-state index is 0.431. The van der Waals surface area contributed by atoms with Crippen molar-refractivity contribution in [2.24, 2.45) is 0 Å². The number of ether oxygens (including phenoxy) is 2. The van der Waals surface area contributed by atoms with E-state index in [-0.39, 0.29) is 0 Å². The molecule has 0 N–H and O–H groups in total. The standard InChI is InChI=1S/C26H22O3S2/c1-30-24-13-20-21(14-25(24)31-2)26(19-11-7-4-8-12-19)23(29-17-27)15-22(20)28-16-18-9-5-3-6-10-18/h3-15,17H,16H2,1-2H3. The lowest BCUT2D eigenvalue weighted by molar-refractivity contribution is -0.120. The molecule has 0 aliphatic rings. The Balaban J connectivity index is 1.95. The first-order valence-corrected chi connectivity index (χ1v) is 12.2. The largest absolute Gasteiger partial charge is 0.488 e. The van der Waals surface area contributed by atoms with Crippen LogP contribution in [0.2, 0.25) is 0 Å². The normalized spacial score (nSPS) is 10.8. The fourth-order valence-corrected chi connectivity index (χ4v) is 5.09. The van der Waals surface area contributed by atoms with E-state index < -0.39 is 0 Å². The summed E-state index contributed by atoms with van der Waals surface area (Å²) in [4.78, 5) is 13.7. The van der Waals surface area contributed by atoms with Crippen molar-refractivity contribution in [2.75, 3.05) is 12.5 Å². The molecule has 4 aromatic carbocycles. The van der Waals surface area contributed by atoms with Gasteiger partial charge in [-0.25, -0.2) is 0 Å². The third-order valence-electron chi connectivity index (χ3n) is 5.04. The quantitative estimate of drug-likeness (QED) is 0.214. The number of benzene rings is 4. The summed E-state index contributed by atoms with van der Waals surface area (Å²) in [5.41, 5.74) is 2.95. The second-order valence-electron chi connectivity index (χ2n) is 6.85. The highest BCUT2D eigenvalue weighted by Crippen LogP contribution is 2.45. The Kier molecular flexibility index (Phi) is 6.85. The second kappa shape index (κ2) is 9.94. The second-order valence-corrected chi connectivity index (χ2v) is 8.55. The highest BCUT2D eigenvalue weighted by molar-refractivity contribution is 8.01. The van der Waals surface area contributed by atoms with Crippen LogP contribution in [0.3, 0.4) is 0 Å². The molecule has 31 heavy (non-hydrogen) atoms. The van der Waals surface area contributed by atoms with Gasteiger partial charge >= 0.3 is 0 Å².